The van der Waals surface area contributed by atoms with E-state index in [1.807, 2.05) is 12.1 Å². The zero-order valence-electron chi connectivity index (χ0n) is 9.83. The molecule has 2 atom stereocenters. The summed E-state index contributed by atoms with van der Waals surface area (Å²) in [4.78, 5) is 13.1. The second-order valence-corrected chi connectivity index (χ2v) is 6.18. The number of nitrogens with one attached hydrogen (secondary N) is 2. The lowest BCUT2D eigenvalue weighted by molar-refractivity contribution is -0.125. The first kappa shape index (κ1) is 12.9. The van der Waals surface area contributed by atoms with Gasteiger partial charge in [0, 0.05) is 17.5 Å². The summed E-state index contributed by atoms with van der Waals surface area (Å²) in [5, 5.41) is 6.28. The molecule has 1 fully saturated rings. The van der Waals surface area contributed by atoms with Crippen molar-refractivity contribution in [3.8, 4) is 0 Å². The fourth-order valence-corrected chi connectivity index (χ4v) is 3.23. The van der Waals surface area contributed by atoms with Gasteiger partial charge in [-0.1, -0.05) is 11.6 Å². The van der Waals surface area contributed by atoms with E-state index < -0.39 is 0 Å². The monoisotopic (exact) mass is 272 g/mol. The predicted octanol–water partition coefficient (Wildman–Crippen LogP) is 2.06. The summed E-state index contributed by atoms with van der Waals surface area (Å²) in [5.41, 5.74) is 0. The van der Waals surface area contributed by atoms with Crippen molar-refractivity contribution in [2.24, 2.45) is 5.92 Å². The molecule has 1 aliphatic rings. The molecule has 0 bridgehead atoms. The first-order valence-corrected chi connectivity index (χ1v) is 7.11. The van der Waals surface area contributed by atoms with Crippen LogP contribution in [0.15, 0.2) is 12.1 Å². The Hall–Kier alpha value is -0.580. The summed E-state index contributed by atoms with van der Waals surface area (Å²) < 4.78 is 0.806. The number of carbonyl (C=O) groups excluding carboxylic acids is 1. The minimum atomic E-state index is 0.127. The van der Waals surface area contributed by atoms with Gasteiger partial charge in [0.1, 0.15) is 0 Å². The topological polar surface area (TPSA) is 41.1 Å². The SMILES string of the molecule is CC1NCCC1C(=O)NCCc1ccc(Cl)s1. The highest BCUT2D eigenvalue weighted by Crippen LogP contribution is 2.21. The van der Waals surface area contributed by atoms with Crippen LogP contribution in [0.1, 0.15) is 18.2 Å². The van der Waals surface area contributed by atoms with Gasteiger partial charge in [-0.3, -0.25) is 4.79 Å². The molecule has 3 nitrogen and oxygen atoms in total. The molecule has 1 amide bonds. The number of hydrogen-bond donors (Lipinski definition) is 2. The van der Waals surface area contributed by atoms with Crippen LogP contribution in [-0.4, -0.2) is 25.0 Å². The lowest BCUT2D eigenvalue weighted by Crippen LogP contribution is -2.37. The molecule has 17 heavy (non-hydrogen) atoms. The fourth-order valence-electron chi connectivity index (χ4n) is 2.14. The molecule has 0 saturated carbocycles. The van der Waals surface area contributed by atoms with Crippen molar-refractivity contribution >= 4 is 28.8 Å². The molecule has 1 aromatic heterocycles. The molecule has 2 N–H and O–H groups in total. The molecular formula is C12H17ClN2OS. The van der Waals surface area contributed by atoms with Crippen LogP contribution in [0.3, 0.4) is 0 Å². The summed E-state index contributed by atoms with van der Waals surface area (Å²) in [6.07, 6.45) is 1.80. The summed E-state index contributed by atoms with van der Waals surface area (Å²) >= 11 is 7.42. The molecule has 0 aromatic carbocycles. The maximum Gasteiger partial charge on any atom is 0.224 e. The molecule has 1 aliphatic heterocycles. The highest BCUT2D eigenvalue weighted by Gasteiger charge is 2.28. The number of carbonyl (C=O) groups is 1. The predicted molar refractivity (Wildman–Crippen MR) is 71.6 cm³/mol. The van der Waals surface area contributed by atoms with E-state index in [2.05, 4.69) is 17.6 Å². The minimum absolute atomic E-state index is 0.127. The number of hydrogen-bond acceptors (Lipinski definition) is 3. The lowest BCUT2D eigenvalue weighted by atomic mass is 10.0. The van der Waals surface area contributed by atoms with Gasteiger partial charge >= 0.3 is 0 Å². The van der Waals surface area contributed by atoms with Crippen LogP contribution in [0.2, 0.25) is 4.34 Å². The van der Waals surface area contributed by atoms with Crippen LogP contribution in [-0.2, 0) is 11.2 Å². The van der Waals surface area contributed by atoms with Gasteiger partial charge in [0.25, 0.3) is 0 Å². The van der Waals surface area contributed by atoms with Gasteiger partial charge in [-0.25, -0.2) is 0 Å². The Bertz CT molecular complexity index is 394. The largest absolute Gasteiger partial charge is 0.355 e. The third kappa shape index (κ3) is 3.44. The van der Waals surface area contributed by atoms with Gasteiger partial charge in [0.05, 0.1) is 10.3 Å². The van der Waals surface area contributed by atoms with Crippen molar-refractivity contribution in [2.75, 3.05) is 13.1 Å². The lowest BCUT2D eigenvalue weighted by Gasteiger charge is -2.14. The van der Waals surface area contributed by atoms with E-state index >= 15 is 0 Å². The summed E-state index contributed by atoms with van der Waals surface area (Å²) in [5.74, 6) is 0.298. The van der Waals surface area contributed by atoms with E-state index in [-0.39, 0.29) is 11.8 Å². The first-order valence-electron chi connectivity index (χ1n) is 5.92. The molecule has 2 unspecified atom stereocenters. The Morgan fingerprint density at radius 1 is 1.65 bits per heavy atom. The van der Waals surface area contributed by atoms with Gasteiger partial charge in [0.15, 0.2) is 0 Å². The Morgan fingerprint density at radius 2 is 2.47 bits per heavy atom. The molecule has 0 radical (unpaired) electrons. The van der Waals surface area contributed by atoms with Crippen LogP contribution in [0.25, 0.3) is 0 Å². The zero-order chi connectivity index (χ0) is 12.3. The Labute approximate surface area is 111 Å². The highest BCUT2D eigenvalue weighted by molar-refractivity contribution is 7.16. The minimum Gasteiger partial charge on any atom is -0.355 e. The van der Waals surface area contributed by atoms with E-state index in [1.54, 1.807) is 11.3 Å². The smallest absolute Gasteiger partial charge is 0.224 e. The summed E-state index contributed by atoms with van der Waals surface area (Å²) in [7, 11) is 0. The van der Waals surface area contributed by atoms with Crippen molar-refractivity contribution in [3.63, 3.8) is 0 Å². The van der Waals surface area contributed by atoms with E-state index in [0.717, 1.165) is 23.7 Å². The van der Waals surface area contributed by atoms with Crippen LogP contribution in [0.5, 0.6) is 0 Å². The van der Waals surface area contributed by atoms with Crippen molar-refractivity contribution in [1.82, 2.24) is 10.6 Å². The van der Waals surface area contributed by atoms with Crippen molar-refractivity contribution in [2.45, 2.75) is 25.8 Å². The van der Waals surface area contributed by atoms with Gasteiger partial charge in [-0.2, -0.15) is 0 Å². The van der Waals surface area contributed by atoms with Crippen LogP contribution in [0.4, 0.5) is 0 Å². The maximum atomic E-state index is 11.9. The zero-order valence-corrected chi connectivity index (χ0v) is 11.4. The van der Waals surface area contributed by atoms with Crippen LogP contribution in [0, 0.1) is 5.92 Å². The van der Waals surface area contributed by atoms with Crippen molar-refractivity contribution in [3.05, 3.63) is 21.3 Å². The summed E-state index contributed by atoms with van der Waals surface area (Å²) in [6, 6.07) is 4.21. The van der Waals surface area contributed by atoms with Crippen LogP contribution < -0.4 is 10.6 Å². The van der Waals surface area contributed by atoms with Gasteiger partial charge in [0.2, 0.25) is 5.91 Å². The molecule has 2 rings (SSSR count). The highest BCUT2D eigenvalue weighted by atomic mass is 35.5. The molecule has 1 aromatic rings. The van der Waals surface area contributed by atoms with Gasteiger partial charge in [-0.05, 0) is 38.4 Å². The normalized spacial score (nSPS) is 23.9. The molecule has 0 spiro atoms. The second-order valence-electron chi connectivity index (χ2n) is 4.38. The number of amides is 1. The van der Waals surface area contributed by atoms with Crippen LogP contribution >= 0.6 is 22.9 Å². The van der Waals surface area contributed by atoms with E-state index in [9.17, 15) is 4.79 Å². The molecule has 94 valence electrons. The Morgan fingerprint density at radius 3 is 3.06 bits per heavy atom. The molecule has 5 heteroatoms. The summed E-state index contributed by atoms with van der Waals surface area (Å²) in [6.45, 7) is 3.70. The number of thiophene rings is 1. The van der Waals surface area contributed by atoms with E-state index in [1.165, 1.54) is 4.88 Å². The molecule has 1 saturated heterocycles. The quantitative estimate of drug-likeness (QED) is 0.881. The standard InChI is InChI=1S/C12H17ClN2OS/c1-8-10(5-7-14-8)12(16)15-6-4-9-2-3-11(13)17-9/h2-3,8,10,14H,4-7H2,1H3,(H,15,16). The van der Waals surface area contributed by atoms with Crippen molar-refractivity contribution < 1.29 is 4.79 Å². The number of rotatable bonds is 4. The third-order valence-electron chi connectivity index (χ3n) is 3.16. The molecular weight excluding hydrogens is 256 g/mol. The Kier molecular flexibility index (Phi) is 4.42. The molecule has 2 heterocycles. The average Bonchev–Trinajstić information content (AvgIpc) is 2.87. The average molecular weight is 273 g/mol. The van der Waals surface area contributed by atoms with E-state index in [0.29, 0.717) is 12.6 Å². The first-order chi connectivity index (χ1) is 8.16. The fraction of sp³-hybridized carbons (Fsp3) is 0.583. The van der Waals surface area contributed by atoms with Gasteiger partial charge in [-0.15, -0.1) is 11.3 Å². The van der Waals surface area contributed by atoms with Crippen molar-refractivity contribution in [1.29, 1.82) is 0 Å². The number of halogens is 1. The van der Waals surface area contributed by atoms with E-state index in [4.69, 9.17) is 11.6 Å². The maximum absolute atomic E-state index is 11.9. The third-order valence-corrected chi connectivity index (χ3v) is 4.45. The second kappa shape index (κ2) is 5.85. The molecule has 0 aliphatic carbocycles. The van der Waals surface area contributed by atoms with Gasteiger partial charge < -0.3 is 10.6 Å². The Balaban J connectivity index is 1.73.